The molecule has 2 aromatic rings. The predicted molar refractivity (Wildman–Crippen MR) is 66.4 cm³/mol. The number of thioether (sulfide) groups is 1. The molecule has 6 nitrogen and oxygen atoms in total. The molecule has 0 atom stereocenters. The maximum Gasteiger partial charge on any atom is 0.243 e. The molecule has 1 aromatic carbocycles. The number of rotatable bonds is 1. The molecule has 2 N–H and O–H groups in total. The van der Waals surface area contributed by atoms with Crippen LogP contribution in [0.1, 0.15) is 0 Å². The molecule has 86 valence electrons. The van der Waals surface area contributed by atoms with Crippen molar-refractivity contribution in [2.75, 3.05) is 16.4 Å². The van der Waals surface area contributed by atoms with Crippen LogP contribution in [0, 0.1) is 0 Å². The van der Waals surface area contributed by atoms with Crippen LogP contribution in [0.2, 0.25) is 0 Å². The van der Waals surface area contributed by atoms with E-state index in [1.54, 1.807) is 6.07 Å². The first-order valence-electron chi connectivity index (χ1n) is 4.76. The van der Waals surface area contributed by atoms with Crippen LogP contribution in [0.25, 0.3) is 0 Å². The van der Waals surface area contributed by atoms with Gasteiger partial charge in [-0.25, -0.2) is 0 Å². The van der Waals surface area contributed by atoms with E-state index < -0.39 is 0 Å². The number of fused-ring (bicyclic) bond motifs is 1. The van der Waals surface area contributed by atoms with Crippen LogP contribution in [0.15, 0.2) is 23.1 Å². The van der Waals surface area contributed by atoms with E-state index in [1.165, 1.54) is 16.7 Å². The lowest BCUT2D eigenvalue weighted by molar-refractivity contribution is -0.115. The largest absolute Gasteiger partial charge is 0.399 e. The van der Waals surface area contributed by atoms with E-state index in [0.29, 0.717) is 16.6 Å². The van der Waals surface area contributed by atoms with Crippen molar-refractivity contribution in [2.24, 2.45) is 0 Å². The Balaban J connectivity index is 2.16. The van der Waals surface area contributed by atoms with Crippen LogP contribution < -0.4 is 10.6 Å². The second-order valence-corrected chi connectivity index (χ2v) is 5.12. The fourth-order valence-electron chi connectivity index (χ4n) is 1.59. The van der Waals surface area contributed by atoms with Gasteiger partial charge in [-0.15, -0.1) is 11.8 Å². The topological polar surface area (TPSA) is 85.0 Å². The van der Waals surface area contributed by atoms with Crippen LogP contribution in [0.3, 0.4) is 0 Å². The zero-order valence-electron chi connectivity index (χ0n) is 8.53. The van der Waals surface area contributed by atoms with Gasteiger partial charge in [-0.2, -0.15) is 0 Å². The lowest BCUT2D eigenvalue weighted by Gasteiger charge is -2.26. The number of amides is 1. The number of nitrogens with two attached hydrogens (primary N) is 1. The molecule has 1 aliphatic heterocycles. The van der Waals surface area contributed by atoms with Gasteiger partial charge in [0.15, 0.2) is 0 Å². The maximum atomic E-state index is 11.9. The molecule has 0 fully saturated rings. The number of aromatic nitrogens is 3. The molecule has 1 aliphatic rings. The lowest BCUT2D eigenvalue weighted by atomic mass is 10.2. The molecule has 0 aliphatic carbocycles. The molecule has 17 heavy (non-hydrogen) atoms. The van der Waals surface area contributed by atoms with Crippen LogP contribution >= 0.6 is 23.3 Å². The Morgan fingerprint density at radius 1 is 1.41 bits per heavy atom. The van der Waals surface area contributed by atoms with E-state index in [2.05, 4.69) is 14.8 Å². The highest BCUT2D eigenvalue weighted by atomic mass is 32.2. The fourth-order valence-corrected chi connectivity index (χ4v) is 2.97. The van der Waals surface area contributed by atoms with Crippen molar-refractivity contribution in [1.29, 1.82) is 0 Å². The third kappa shape index (κ3) is 1.75. The van der Waals surface area contributed by atoms with Crippen molar-refractivity contribution >= 4 is 45.7 Å². The highest BCUT2D eigenvalue weighted by Crippen LogP contribution is 2.40. The minimum atomic E-state index is -0.0355. The molecule has 0 spiro atoms. The summed E-state index contributed by atoms with van der Waals surface area (Å²) in [6.45, 7) is 0. The summed E-state index contributed by atoms with van der Waals surface area (Å²) in [6, 6.07) is 5.49. The predicted octanol–water partition coefficient (Wildman–Crippen LogP) is 1.29. The van der Waals surface area contributed by atoms with Gasteiger partial charge in [0.25, 0.3) is 0 Å². The number of hydrogen-bond donors (Lipinski definition) is 1. The number of nitrogens with zero attached hydrogens (tertiary/aromatic N) is 4. The van der Waals surface area contributed by atoms with Gasteiger partial charge >= 0.3 is 0 Å². The maximum absolute atomic E-state index is 11.9. The van der Waals surface area contributed by atoms with Gasteiger partial charge in [-0.1, -0.05) is 9.59 Å². The molecule has 8 heteroatoms. The summed E-state index contributed by atoms with van der Waals surface area (Å²) < 4.78 is 3.68. The van der Waals surface area contributed by atoms with Gasteiger partial charge in [-0.05, 0) is 23.4 Å². The summed E-state index contributed by atoms with van der Waals surface area (Å²) in [5.41, 5.74) is 7.11. The number of hydrogen-bond acceptors (Lipinski definition) is 7. The smallest absolute Gasteiger partial charge is 0.243 e. The van der Waals surface area contributed by atoms with Gasteiger partial charge in [-0.3, -0.25) is 9.69 Å². The van der Waals surface area contributed by atoms with Gasteiger partial charge in [0.05, 0.1) is 11.4 Å². The summed E-state index contributed by atoms with van der Waals surface area (Å²) in [7, 11) is 0. The number of nitrogen functional groups attached to an aromatic ring is 1. The first kappa shape index (κ1) is 10.5. The normalized spacial score (nSPS) is 14.8. The number of carbonyl (C=O) groups is 1. The second kappa shape index (κ2) is 3.97. The monoisotopic (exact) mass is 265 g/mol. The van der Waals surface area contributed by atoms with E-state index >= 15 is 0 Å². The van der Waals surface area contributed by atoms with Crippen LogP contribution in [0.5, 0.6) is 0 Å². The van der Waals surface area contributed by atoms with Gasteiger partial charge < -0.3 is 5.73 Å². The third-order valence-electron chi connectivity index (χ3n) is 2.30. The summed E-state index contributed by atoms with van der Waals surface area (Å²) in [6.07, 6.45) is 0. The lowest BCUT2D eigenvalue weighted by Crippen LogP contribution is -2.30. The van der Waals surface area contributed by atoms with Crippen molar-refractivity contribution in [3.8, 4) is 0 Å². The summed E-state index contributed by atoms with van der Waals surface area (Å²) >= 11 is 2.58. The molecule has 1 aromatic heterocycles. The first-order valence-corrected chi connectivity index (χ1v) is 6.52. The van der Waals surface area contributed by atoms with E-state index in [-0.39, 0.29) is 5.91 Å². The number of anilines is 3. The number of carbonyl (C=O) groups excluding carboxylic acids is 1. The van der Waals surface area contributed by atoms with E-state index in [0.717, 1.165) is 22.1 Å². The van der Waals surface area contributed by atoms with E-state index in [4.69, 9.17) is 5.73 Å². The Labute approximate surface area is 105 Å². The fraction of sp³-hybridized carbons (Fsp3) is 0.111. The average molecular weight is 265 g/mol. The van der Waals surface area contributed by atoms with Gasteiger partial charge in [0.2, 0.25) is 11.0 Å². The Bertz CT molecular complexity index is 571. The number of benzene rings is 1. The van der Waals surface area contributed by atoms with E-state index in [9.17, 15) is 4.79 Å². The molecular weight excluding hydrogens is 258 g/mol. The standard InChI is InChI=1S/C9H7N5OS2/c10-5-1-2-7-6(3-5)14(8(15)4-16-7)9-11-12-13-17-9/h1-3H,4,10H2. The molecule has 0 saturated carbocycles. The molecule has 2 heterocycles. The van der Waals surface area contributed by atoms with E-state index in [1.807, 2.05) is 12.1 Å². The molecule has 3 rings (SSSR count). The second-order valence-electron chi connectivity index (χ2n) is 3.39. The Morgan fingerprint density at radius 3 is 3.06 bits per heavy atom. The Hall–Kier alpha value is -1.67. The van der Waals surface area contributed by atoms with Crippen molar-refractivity contribution < 1.29 is 4.79 Å². The molecule has 0 bridgehead atoms. The molecular formula is C9H7N5OS2. The molecule has 0 unspecified atom stereocenters. The molecule has 0 radical (unpaired) electrons. The molecule has 0 saturated heterocycles. The molecule has 1 amide bonds. The Morgan fingerprint density at radius 2 is 2.29 bits per heavy atom. The van der Waals surface area contributed by atoms with Crippen molar-refractivity contribution in [3.05, 3.63) is 18.2 Å². The van der Waals surface area contributed by atoms with Crippen LogP contribution in [-0.4, -0.2) is 26.5 Å². The highest BCUT2D eigenvalue weighted by Gasteiger charge is 2.28. The minimum Gasteiger partial charge on any atom is -0.399 e. The first-order chi connectivity index (χ1) is 8.25. The summed E-state index contributed by atoms with van der Waals surface area (Å²) in [4.78, 5) is 14.5. The Kier molecular flexibility index (Phi) is 2.45. The minimum absolute atomic E-state index is 0.0355. The van der Waals surface area contributed by atoms with Crippen LogP contribution in [-0.2, 0) is 4.79 Å². The average Bonchev–Trinajstić information content (AvgIpc) is 2.82. The van der Waals surface area contributed by atoms with Crippen LogP contribution in [0.4, 0.5) is 16.5 Å². The van der Waals surface area contributed by atoms with Crippen molar-refractivity contribution in [1.82, 2.24) is 14.8 Å². The van der Waals surface area contributed by atoms with Gasteiger partial charge in [0, 0.05) is 22.1 Å². The highest BCUT2D eigenvalue weighted by molar-refractivity contribution is 8.00. The van der Waals surface area contributed by atoms with Crippen molar-refractivity contribution in [3.63, 3.8) is 0 Å². The third-order valence-corrected chi connectivity index (χ3v) is 3.93. The van der Waals surface area contributed by atoms with Gasteiger partial charge in [0.1, 0.15) is 0 Å². The zero-order valence-corrected chi connectivity index (χ0v) is 10.2. The quantitative estimate of drug-likeness (QED) is 0.782. The zero-order chi connectivity index (χ0) is 11.8. The summed E-state index contributed by atoms with van der Waals surface area (Å²) in [5.74, 6) is 0.350. The summed E-state index contributed by atoms with van der Waals surface area (Å²) in [5, 5.41) is 7.82. The SMILES string of the molecule is Nc1ccc2c(c1)N(c1nnns1)C(=O)CS2. The van der Waals surface area contributed by atoms with Crippen molar-refractivity contribution in [2.45, 2.75) is 4.90 Å².